The first-order chi connectivity index (χ1) is 16.0. The number of hydrogen-bond acceptors (Lipinski definition) is 4. The molecule has 0 spiro atoms. The molecule has 6 rings (SSSR count). The number of ether oxygens (including phenoxy) is 1. The molecular weight excluding hydrogens is 426 g/mol. The van der Waals surface area contributed by atoms with Crippen LogP contribution in [0.1, 0.15) is 0 Å². The molecule has 6 aromatic rings. The number of benzene rings is 2. The van der Waals surface area contributed by atoms with E-state index in [4.69, 9.17) is 9.72 Å². The van der Waals surface area contributed by atoms with Crippen molar-refractivity contribution in [3.63, 3.8) is 0 Å². The molecule has 33 heavy (non-hydrogen) atoms. The zero-order chi connectivity index (χ0) is 22.6. The summed E-state index contributed by atoms with van der Waals surface area (Å²) in [6.07, 6.45) is 9.34. The lowest BCUT2D eigenvalue weighted by atomic mass is 10.1. The van der Waals surface area contributed by atoms with Crippen LogP contribution in [0.3, 0.4) is 0 Å². The summed E-state index contributed by atoms with van der Waals surface area (Å²) >= 11 is 0. The summed E-state index contributed by atoms with van der Waals surface area (Å²) in [5.41, 5.74) is 3.93. The van der Waals surface area contributed by atoms with Crippen LogP contribution in [0.25, 0.3) is 33.1 Å². The van der Waals surface area contributed by atoms with Gasteiger partial charge in [0.05, 0.1) is 31.0 Å². The van der Waals surface area contributed by atoms with Crippen LogP contribution in [0.15, 0.2) is 85.6 Å². The fourth-order valence-electron chi connectivity index (χ4n) is 4.43. The minimum Gasteiger partial charge on any atom is -0.456 e. The molecule has 0 unspecified atom stereocenters. The summed E-state index contributed by atoms with van der Waals surface area (Å²) in [5, 5.41) is 7.90. The van der Waals surface area contributed by atoms with E-state index in [9.17, 15) is 0 Å². The lowest BCUT2D eigenvalue weighted by molar-refractivity contribution is 0.481. The average Bonchev–Trinajstić information content (AvgIpc) is 3.51. The Kier molecular flexibility index (Phi) is 4.34. The van der Waals surface area contributed by atoms with E-state index in [0.717, 1.165) is 33.5 Å². The highest BCUT2D eigenvalue weighted by atomic mass is 28.3. The van der Waals surface area contributed by atoms with E-state index >= 15 is 0 Å². The lowest BCUT2D eigenvalue weighted by Gasteiger charge is -2.21. The van der Waals surface area contributed by atoms with Crippen LogP contribution in [0, 0.1) is 0 Å². The van der Waals surface area contributed by atoms with E-state index < -0.39 is 8.07 Å². The van der Waals surface area contributed by atoms with E-state index in [1.807, 2.05) is 65.9 Å². The van der Waals surface area contributed by atoms with Crippen LogP contribution in [0.4, 0.5) is 0 Å². The summed E-state index contributed by atoms with van der Waals surface area (Å²) in [6, 6.07) is 18.4. The molecule has 162 valence electrons. The molecule has 0 aliphatic carbocycles. The zero-order valence-corrected chi connectivity index (χ0v) is 19.7. The zero-order valence-electron chi connectivity index (χ0n) is 18.7. The summed E-state index contributed by atoms with van der Waals surface area (Å²) < 4.78 is 10.2. The van der Waals surface area contributed by atoms with Gasteiger partial charge in [-0.1, -0.05) is 37.8 Å². The SMILES string of the molecule is C[Si](C)(C)c1cccc2c1c1ncc(Oc3cccc(-n4cccn4)c3)cc1c1nccn21. The normalized spacial score (nSPS) is 12.1. The molecule has 0 saturated carbocycles. The van der Waals surface area contributed by atoms with Gasteiger partial charge >= 0.3 is 0 Å². The molecule has 4 aromatic heterocycles. The summed E-state index contributed by atoms with van der Waals surface area (Å²) in [4.78, 5) is 9.56. The molecule has 6 nitrogen and oxygen atoms in total. The van der Waals surface area contributed by atoms with Gasteiger partial charge in [-0.05, 0) is 35.5 Å². The Morgan fingerprint density at radius 3 is 2.55 bits per heavy atom. The van der Waals surface area contributed by atoms with Gasteiger partial charge in [-0.15, -0.1) is 0 Å². The van der Waals surface area contributed by atoms with Crippen LogP contribution < -0.4 is 9.92 Å². The first-order valence-corrected chi connectivity index (χ1v) is 14.4. The largest absolute Gasteiger partial charge is 0.456 e. The van der Waals surface area contributed by atoms with Gasteiger partial charge in [-0.2, -0.15) is 5.10 Å². The van der Waals surface area contributed by atoms with Crippen LogP contribution in [-0.2, 0) is 0 Å². The molecule has 0 atom stereocenters. The molecule has 0 aliphatic rings. The maximum Gasteiger partial charge on any atom is 0.146 e. The Hall–Kier alpha value is -3.97. The van der Waals surface area contributed by atoms with E-state index in [-0.39, 0.29) is 0 Å². The molecule has 0 saturated heterocycles. The van der Waals surface area contributed by atoms with Crippen LogP contribution in [-0.4, -0.2) is 32.2 Å². The van der Waals surface area contributed by atoms with Gasteiger partial charge in [-0.3, -0.25) is 9.38 Å². The number of imidazole rings is 1. The highest BCUT2D eigenvalue weighted by molar-refractivity contribution is 6.90. The number of nitrogens with zero attached hydrogens (tertiary/aromatic N) is 5. The number of rotatable bonds is 4. The predicted molar refractivity (Wildman–Crippen MR) is 135 cm³/mol. The Labute approximate surface area is 192 Å². The smallest absolute Gasteiger partial charge is 0.146 e. The summed E-state index contributed by atoms with van der Waals surface area (Å²) in [6.45, 7) is 7.11. The van der Waals surface area contributed by atoms with Crippen molar-refractivity contribution in [2.45, 2.75) is 19.6 Å². The number of hydrogen-bond donors (Lipinski definition) is 0. The van der Waals surface area contributed by atoms with Crippen molar-refractivity contribution in [3.8, 4) is 17.2 Å². The van der Waals surface area contributed by atoms with Crippen molar-refractivity contribution in [2.75, 3.05) is 0 Å². The minimum absolute atomic E-state index is 0.676. The Morgan fingerprint density at radius 1 is 0.848 bits per heavy atom. The van der Waals surface area contributed by atoms with E-state index in [0.29, 0.717) is 5.75 Å². The van der Waals surface area contributed by atoms with Crippen molar-refractivity contribution < 1.29 is 4.74 Å². The second kappa shape index (κ2) is 7.28. The highest BCUT2D eigenvalue weighted by Crippen LogP contribution is 2.32. The molecule has 0 bridgehead atoms. The summed E-state index contributed by atoms with van der Waals surface area (Å²) in [5.74, 6) is 1.40. The van der Waals surface area contributed by atoms with Gasteiger partial charge in [0.1, 0.15) is 17.1 Å². The quantitative estimate of drug-likeness (QED) is 0.261. The lowest BCUT2D eigenvalue weighted by Crippen LogP contribution is -2.38. The van der Waals surface area contributed by atoms with E-state index in [2.05, 4.69) is 52.3 Å². The van der Waals surface area contributed by atoms with Crippen molar-refractivity contribution >= 4 is 40.7 Å². The first-order valence-electron chi connectivity index (χ1n) is 10.9. The standard InChI is InChI=1S/C26H23N5OSi/c1-33(2,3)23-10-5-9-22-24(23)25-21(26-27-12-14-30(22)26)16-20(17-28-25)32-19-8-4-7-18(15-19)31-13-6-11-29-31/h4-17H,1-3H3. The van der Waals surface area contributed by atoms with Gasteiger partial charge in [0, 0.05) is 41.6 Å². The van der Waals surface area contributed by atoms with Crippen LogP contribution >= 0.6 is 0 Å². The third-order valence-electron chi connectivity index (χ3n) is 5.91. The van der Waals surface area contributed by atoms with Crippen molar-refractivity contribution in [3.05, 3.63) is 85.6 Å². The summed E-state index contributed by atoms with van der Waals surface area (Å²) in [7, 11) is -1.60. The fraction of sp³-hybridized carbons (Fsp3) is 0.115. The van der Waals surface area contributed by atoms with Crippen molar-refractivity contribution in [2.24, 2.45) is 0 Å². The van der Waals surface area contributed by atoms with E-state index in [1.165, 1.54) is 10.6 Å². The van der Waals surface area contributed by atoms with Crippen molar-refractivity contribution in [1.29, 1.82) is 0 Å². The number of pyridine rings is 2. The molecule has 0 fully saturated rings. The third kappa shape index (κ3) is 3.28. The molecule has 2 aromatic carbocycles. The van der Waals surface area contributed by atoms with Crippen molar-refractivity contribution in [1.82, 2.24) is 24.1 Å². The molecule has 0 N–H and O–H groups in total. The Balaban J connectivity index is 1.53. The molecule has 0 amide bonds. The first kappa shape index (κ1) is 19.7. The monoisotopic (exact) mass is 449 g/mol. The predicted octanol–water partition coefficient (Wildman–Crippen LogP) is 5.56. The van der Waals surface area contributed by atoms with E-state index in [1.54, 1.807) is 6.20 Å². The van der Waals surface area contributed by atoms with Gasteiger partial charge in [0.2, 0.25) is 0 Å². The fourth-order valence-corrected chi connectivity index (χ4v) is 6.02. The number of aromatic nitrogens is 5. The molecule has 0 aliphatic heterocycles. The van der Waals surface area contributed by atoms with Crippen LogP contribution in [0.2, 0.25) is 19.6 Å². The molecule has 0 radical (unpaired) electrons. The third-order valence-corrected chi connectivity index (χ3v) is 7.95. The Morgan fingerprint density at radius 2 is 1.73 bits per heavy atom. The Bertz CT molecular complexity index is 1630. The maximum atomic E-state index is 6.23. The second-order valence-corrected chi connectivity index (χ2v) is 14.2. The molecular formula is C26H23N5OSi. The van der Waals surface area contributed by atoms with Gasteiger partial charge in [0.25, 0.3) is 0 Å². The van der Waals surface area contributed by atoms with Gasteiger partial charge in [0.15, 0.2) is 0 Å². The maximum absolute atomic E-state index is 6.23. The molecule has 4 heterocycles. The van der Waals surface area contributed by atoms with Gasteiger partial charge < -0.3 is 4.74 Å². The highest BCUT2D eigenvalue weighted by Gasteiger charge is 2.23. The number of fused-ring (bicyclic) bond motifs is 6. The van der Waals surface area contributed by atoms with Crippen LogP contribution in [0.5, 0.6) is 11.5 Å². The molecule has 7 heteroatoms. The average molecular weight is 450 g/mol. The van der Waals surface area contributed by atoms with Gasteiger partial charge in [-0.25, -0.2) is 9.67 Å². The minimum atomic E-state index is -1.60. The second-order valence-electron chi connectivity index (χ2n) is 9.19. The topological polar surface area (TPSA) is 57.2 Å².